The SMILES string of the molecule is CN(C)C1CC(C(N)=O)C(=O)[C@H]2CC3C(=O)C4CC(NC(=O)C[N+](C)(C)C)=CC(c5ccccn5)=C4CC3CC12. The molecule has 0 saturated heterocycles. The van der Waals surface area contributed by atoms with Crippen LogP contribution in [0.2, 0.25) is 0 Å². The maximum Gasteiger partial charge on any atom is 0.279 e. The molecule has 4 aliphatic carbocycles. The Hall–Kier alpha value is -3.17. The molecule has 9 nitrogen and oxygen atoms in total. The van der Waals surface area contributed by atoms with Gasteiger partial charge >= 0.3 is 0 Å². The number of ketones is 2. The predicted octanol–water partition coefficient (Wildman–Crippen LogP) is 1.80. The summed E-state index contributed by atoms with van der Waals surface area (Å²) in [6.07, 6.45) is 6.63. The molecule has 3 N–H and O–H groups in total. The zero-order valence-corrected chi connectivity index (χ0v) is 24.2. The molecule has 1 aromatic rings. The summed E-state index contributed by atoms with van der Waals surface area (Å²) in [5.41, 5.74) is 9.18. The second-order valence-electron chi connectivity index (χ2n) is 13.4. The molecule has 0 radical (unpaired) electrons. The van der Waals surface area contributed by atoms with Crippen molar-refractivity contribution in [2.75, 3.05) is 41.8 Å². The van der Waals surface area contributed by atoms with Gasteiger partial charge in [-0.1, -0.05) is 6.07 Å². The van der Waals surface area contributed by atoms with Crippen LogP contribution >= 0.6 is 0 Å². The number of Topliss-reactive ketones (excluding diaryl/α,β-unsaturated/α-hetero) is 2. The van der Waals surface area contributed by atoms with Gasteiger partial charge in [-0.05, 0) is 75.4 Å². The van der Waals surface area contributed by atoms with Crippen molar-refractivity contribution < 1.29 is 23.7 Å². The van der Waals surface area contributed by atoms with Crippen LogP contribution in [0.25, 0.3) is 5.57 Å². The van der Waals surface area contributed by atoms with E-state index in [2.05, 4.69) is 15.2 Å². The molecule has 6 unspecified atom stereocenters. The van der Waals surface area contributed by atoms with Gasteiger partial charge in [-0.15, -0.1) is 0 Å². The first kappa shape index (κ1) is 28.4. The van der Waals surface area contributed by atoms with Crippen LogP contribution in [-0.4, -0.2) is 85.6 Å². The summed E-state index contributed by atoms with van der Waals surface area (Å²) in [6.45, 7) is 0.315. The van der Waals surface area contributed by atoms with Gasteiger partial charge in [0.25, 0.3) is 5.91 Å². The van der Waals surface area contributed by atoms with E-state index in [1.165, 1.54) is 0 Å². The van der Waals surface area contributed by atoms with Crippen LogP contribution in [-0.2, 0) is 19.2 Å². The third-order valence-corrected chi connectivity index (χ3v) is 9.41. The minimum Gasteiger partial charge on any atom is -0.369 e. The molecule has 0 aromatic carbocycles. The van der Waals surface area contributed by atoms with Crippen molar-refractivity contribution in [1.29, 1.82) is 0 Å². The van der Waals surface area contributed by atoms with E-state index in [-0.39, 0.29) is 53.1 Å². The lowest BCUT2D eigenvalue weighted by Crippen LogP contribution is -2.57. The number of nitrogens with two attached hydrogens (primary N) is 1. The van der Waals surface area contributed by atoms with Gasteiger partial charge < -0.3 is 20.4 Å². The number of carbonyl (C=O) groups is 4. The van der Waals surface area contributed by atoms with Crippen molar-refractivity contribution in [1.82, 2.24) is 15.2 Å². The van der Waals surface area contributed by atoms with E-state index >= 15 is 0 Å². The molecule has 0 bridgehead atoms. The maximum absolute atomic E-state index is 14.2. The van der Waals surface area contributed by atoms with E-state index in [4.69, 9.17) is 5.73 Å². The Labute approximate surface area is 236 Å². The zero-order chi connectivity index (χ0) is 28.9. The second kappa shape index (κ2) is 10.7. The standard InChI is InChI=1S/C31H41N5O4/c1-35(2)27-15-25(31(32)40)30(39)24-14-19-17(11-22(24)27)10-20-21(26-8-6-7-9-33-26)12-18(13-23(20)29(19)38)34-28(37)16-36(3,4)5/h6-9,12,17,19,22-25,27H,10-11,13-16H2,1-5H3,(H2-,32,34,37,40)/p+1/t17?,19?,22?,23?,24-,25?,27?/m0/s1. The summed E-state index contributed by atoms with van der Waals surface area (Å²) in [4.78, 5) is 59.4. The van der Waals surface area contributed by atoms with Gasteiger partial charge in [-0.3, -0.25) is 24.2 Å². The average Bonchev–Trinajstić information content (AvgIpc) is 2.87. The van der Waals surface area contributed by atoms with Crippen LogP contribution < -0.4 is 11.1 Å². The van der Waals surface area contributed by atoms with Gasteiger partial charge in [-0.2, -0.15) is 0 Å². The number of allylic oxidation sites excluding steroid dienone is 4. The molecule has 3 fully saturated rings. The summed E-state index contributed by atoms with van der Waals surface area (Å²) in [5, 5.41) is 3.07. The van der Waals surface area contributed by atoms with Crippen molar-refractivity contribution >= 4 is 29.0 Å². The van der Waals surface area contributed by atoms with Crippen LogP contribution in [0.5, 0.6) is 0 Å². The van der Waals surface area contributed by atoms with Crippen molar-refractivity contribution in [2.24, 2.45) is 41.2 Å². The molecule has 0 spiro atoms. The van der Waals surface area contributed by atoms with Crippen molar-refractivity contribution in [3.8, 4) is 0 Å². The molecule has 1 heterocycles. The van der Waals surface area contributed by atoms with Gasteiger partial charge in [0.2, 0.25) is 5.91 Å². The fraction of sp³-hybridized carbons (Fsp3) is 0.581. The predicted molar refractivity (Wildman–Crippen MR) is 151 cm³/mol. The molecular formula is C31H42N5O4+. The van der Waals surface area contributed by atoms with E-state index in [0.717, 1.165) is 35.4 Å². The maximum atomic E-state index is 14.2. The summed E-state index contributed by atoms with van der Waals surface area (Å²) in [5.74, 6) is -2.14. The lowest BCUT2D eigenvalue weighted by molar-refractivity contribution is -0.862. The fourth-order valence-corrected chi connectivity index (χ4v) is 7.71. The summed E-state index contributed by atoms with van der Waals surface area (Å²) >= 11 is 0. The lowest BCUT2D eigenvalue weighted by Gasteiger charge is -2.52. The van der Waals surface area contributed by atoms with Crippen molar-refractivity contribution in [2.45, 2.75) is 38.1 Å². The molecule has 1 aromatic heterocycles. The Morgan fingerprint density at radius 1 is 1.05 bits per heavy atom. The Morgan fingerprint density at radius 3 is 2.42 bits per heavy atom. The van der Waals surface area contributed by atoms with E-state index < -0.39 is 11.8 Å². The lowest BCUT2D eigenvalue weighted by atomic mass is 9.53. The van der Waals surface area contributed by atoms with Crippen LogP contribution in [0, 0.1) is 35.5 Å². The van der Waals surface area contributed by atoms with Crippen LogP contribution in [0.4, 0.5) is 0 Å². The number of amides is 2. The summed E-state index contributed by atoms with van der Waals surface area (Å²) < 4.78 is 0.496. The zero-order valence-electron chi connectivity index (χ0n) is 24.2. The summed E-state index contributed by atoms with van der Waals surface area (Å²) in [7, 11) is 9.87. The quantitative estimate of drug-likeness (QED) is 0.413. The highest BCUT2D eigenvalue weighted by Gasteiger charge is 2.55. The number of hydrogen-bond acceptors (Lipinski definition) is 6. The van der Waals surface area contributed by atoms with Crippen molar-refractivity contribution in [3.63, 3.8) is 0 Å². The molecule has 9 heteroatoms. The first-order valence-corrected chi connectivity index (χ1v) is 14.3. The number of aromatic nitrogens is 1. The molecule has 40 heavy (non-hydrogen) atoms. The normalized spacial score (nSPS) is 32.1. The van der Waals surface area contributed by atoms with Crippen LogP contribution in [0.1, 0.15) is 37.8 Å². The highest BCUT2D eigenvalue weighted by molar-refractivity contribution is 6.03. The number of hydrogen-bond donors (Lipinski definition) is 2. The molecule has 7 atom stereocenters. The number of nitrogens with one attached hydrogen (secondary N) is 1. The molecule has 214 valence electrons. The monoisotopic (exact) mass is 548 g/mol. The van der Waals surface area contributed by atoms with Gasteiger partial charge in [-0.25, -0.2) is 0 Å². The smallest absolute Gasteiger partial charge is 0.279 e. The number of quaternary nitrogens is 1. The highest BCUT2D eigenvalue weighted by Crippen LogP contribution is 2.54. The number of fused-ring (bicyclic) bond motifs is 3. The fourth-order valence-electron chi connectivity index (χ4n) is 7.71. The highest BCUT2D eigenvalue weighted by atomic mass is 16.2. The third kappa shape index (κ3) is 5.41. The second-order valence-corrected chi connectivity index (χ2v) is 13.4. The van der Waals surface area contributed by atoms with Crippen LogP contribution in [0.15, 0.2) is 41.7 Å². The van der Waals surface area contributed by atoms with E-state index in [1.807, 2.05) is 59.5 Å². The third-order valence-electron chi connectivity index (χ3n) is 9.41. The number of rotatable bonds is 6. The number of nitrogens with zero attached hydrogens (tertiary/aromatic N) is 3. The van der Waals surface area contributed by atoms with Gasteiger partial charge in [0.05, 0.1) is 32.8 Å². The molecule has 3 saturated carbocycles. The topological polar surface area (TPSA) is 122 Å². The molecule has 5 rings (SSSR count). The first-order valence-electron chi connectivity index (χ1n) is 14.3. The Bertz CT molecular complexity index is 1280. The minimum atomic E-state index is -0.796. The Kier molecular flexibility index (Phi) is 7.56. The number of likely N-dealkylation sites (N-methyl/N-ethyl adjacent to an activating group) is 1. The van der Waals surface area contributed by atoms with E-state index in [1.54, 1.807) is 6.20 Å². The Morgan fingerprint density at radius 2 is 1.80 bits per heavy atom. The number of primary amides is 1. The van der Waals surface area contributed by atoms with E-state index in [9.17, 15) is 19.2 Å². The van der Waals surface area contributed by atoms with Gasteiger partial charge in [0.15, 0.2) is 6.54 Å². The summed E-state index contributed by atoms with van der Waals surface area (Å²) in [6, 6.07) is 5.82. The number of carbonyl (C=O) groups excluding carboxylic acids is 4. The van der Waals surface area contributed by atoms with Gasteiger partial charge in [0, 0.05) is 47.7 Å². The minimum absolute atomic E-state index is 0.0625. The van der Waals surface area contributed by atoms with Crippen LogP contribution in [0.3, 0.4) is 0 Å². The molecule has 2 amide bonds. The van der Waals surface area contributed by atoms with Gasteiger partial charge in [0.1, 0.15) is 11.6 Å². The van der Waals surface area contributed by atoms with E-state index in [0.29, 0.717) is 30.3 Å². The largest absolute Gasteiger partial charge is 0.369 e. The molecule has 0 aliphatic heterocycles. The number of pyridine rings is 1. The first-order chi connectivity index (χ1) is 18.8. The van der Waals surface area contributed by atoms with Crippen molar-refractivity contribution in [3.05, 3.63) is 47.4 Å². The average molecular weight is 549 g/mol. The Balaban J connectivity index is 1.49. The molecule has 4 aliphatic rings. The molecular weight excluding hydrogens is 506 g/mol.